The number of hydrogen-bond donors (Lipinski definition) is 1. The molecule has 1 heterocycles. The number of thioether (sulfide) groups is 1. The Morgan fingerprint density at radius 3 is 2.89 bits per heavy atom. The van der Waals surface area contributed by atoms with Crippen molar-refractivity contribution in [3.8, 4) is 6.07 Å². The average molecular weight is 285 g/mol. The molecule has 2 unspecified atom stereocenters. The summed E-state index contributed by atoms with van der Waals surface area (Å²) in [6.45, 7) is 2.37. The fraction of sp³-hybridized carbons (Fsp3) is 0.750. The molecule has 0 aromatic carbocycles. The smallest absolute Gasteiger partial charge is 0.320 e. The number of nitriles is 1. The van der Waals surface area contributed by atoms with Crippen LogP contribution >= 0.6 is 11.8 Å². The van der Waals surface area contributed by atoms with Crippen molar-refractivity contribution in [3.05, 3.63) is 0 Å². The summed E-state index contributed by atoms with van der Waals surface area (Å²) in [5.74, 6) is 0.582. The summed E-state index contributed by atoms with van der Waals surface area (Å²) in [6, 6.07) is 1.42. The lowest BCUT2D eigenvalue weighted by Gasteiger charge is -2.38. The first-order valence-corrected chi connectivity index (χ1v) is 7.32. The Labute approximate surface area is 117 Å². The van der Waals surface area contributed by atoms with Gasteiger partial charge >= 0.3 is 12.0 Å². The molecule has 0 aliphatic carbocycles. The molecule has 19 heavy (non-hydrogen) atoms. The van der Waals surface area contributed by atoms with E-state index in [0.29, 0.717) is 12.3 Å². The number of aliphatic carboxylic acids is 1. The molecule has 6 nitrogen and oxygen atoms in total. The maximum absolute atomic E-state index is 12.3. The third-order valence-electron chi connectivity index (χ3n) is 3.23. The lowest BCUT2D eigenvalue weighted by atomic mass is 10.2. The highest BCUT2D eigenvalue weighted by atomic mass is 32.2. The molecule has 1 rings (SSSR count). The van der Waals surface area contributed by atoms with Crippen LogP contribution in [0, 0.1) is 11.3 Å². The molecule has 1 saturated heterocycles. The van der Waals surface area contributed by atoms with Crippen LogP contribution in [-0.4, -0.2) is 64.1 Å². The van der Waals surface area contributed by atoms with Crippen LogP contribution in [0.15, 0.2) is 0 Å². The van der Waals surface area contributed by atoms with Crippen LogP contribution in [0.25, 0.3) is 0 Å². The fourth-order valence-electron chi connectivity index (χ4n) is 1.94. The van der Waals surface area contributed by atoms with Crippen molar-refractivity contribution in [3.63, 3.8) is 0 Å². The van der Waals surface area contributed by atoms with E-state index in [0.717, 1.165) is 5.75 Å². The second kappa shape index (κ2) is 7.24. The van der Waals surface area contributed by atoms with Crippen molar-refractivity contribution in [2.45, 2.75) is 31.8 Å². The van der Waals surface area contributed by atoms with E-state index in [1.54, 1.807) is 23.7 Å². The van der Waals surface area contributed by atoms with Crippen molar-refractivity contribution in [2.24, 2.45) is 0 Å². The minimum atomic E-state index is -0.891. The Hall–Kier alpha value is -1.42. The first-order valence-electron chi connectivity index (χ1n) is 6.17. The molecule has 0 saturated carbocycles. The Kier molecular flexibility index (Phi) is 5.96. The number of carboxylic acid groups (broad SMARTS) is 1. The minimum absolute atomic E-state index is 0.0286. The highest BCUT2D eigenvalue weighted by molar-refractivity contribution is 7.99. The molecule has 1 aliphatic heterocycles. The van der Waals surface area contributed by atoms with Crippen molar-refractivity contribution >= 4 is 23.8 Å². The predicted molar refractivity (Wildman–Crippen MR) is 72.9 cm³/mol. The van der Waals surface area contributed by atoms with Crippen LogP contribution in [0.4, 0.5) is 4.79 Å². The summed E-state index contributed by atoms with van der Waals surface area (Å²) >= 11 is 1.67. The van der Waals surface area contributed by atoms with Gasteiger partial charge in [-0.2, -0.15) is 17.0 Å². The molecule has 0 bridgehead atoms. The Morgan fingerprint density at radius 2 is 2.32 bits per heavy atom. The quantitative estimate of drug-likeness (QED) is 0.840. The summed E-state index contributed by atoms with van der Waals surface area (Å²) in [4.78, 5) is 26.3. The van der Waals surface area contributed by atoms with Gasteiger partial charge in [-0.25, -0.2) is 4.79 Å². The molecule has 7 heteroatoms. The molecular weight excluding hydrogens is 266 g/mol. The lowest BCUT2D eigenvalue weighted by Crippen LogP contribution is -2.53. The molecule has 1 N–H and O–H groups in total. The SMILES string of the molecule is CC(CC#N)N(C)C(=O)N1CCSCC1CC(=O)O. The van der Waals surface area contributed by atoms with Gasteiger partial charge in [0.1, 0.15) is 0 Å². The molecule has 1 aliphatic rings. The minimum Gasteiger partial charge on any atom is -0.481 e. The molecule has 106 valence electrons. The highest BCUT2D eigenvalue weighted by Crippen LogP contribution is 2.21. The number of amides is 2. The number of rotatable bonds is 4. The summed E-state index contributed by atoms with van der Waals surface area (Å²) in [7, 11) is 1.66. The van der Waals surface area contributed by atoms with Crippen LogP contribution in [0.5, 0.6) is 0 Å². The second-order valence-corrected chi connectivity index (χ2v) is 5.77. The van der Waals surface area contributed by atoms with Gasteiger partial charge in [0.25, 0.3) is 0 Å². The monoisotopic (exact) mass is 285 g/mol. The van der Waals surface area contributed by atoms with Crippen LogP contribution < -0.4 is 0 Å². The second-order valence-electron chi connectivity index (χ2n) is 4.62. The maximum atomic E-state index is 12.3. The van der Waals surface area contributed by atoms with E-state index in [1.165, 1.54) is 4.90 Å². The first-order chi connectivity index (χ1) is 8.97. The number of carbonyl (C=O) groups is 2. The average Bonchev–Trinajstić information content (AvgIpc) is 2.37. The summed E-state index contributed by atoms with van der Waals surface area (Å²) < 4.78 is 0. The van der Waals surface area contributed by atoms with Gasteiger partial charge in [-0.05, 0) is 6.92 Å². The van der Waals surface area contributed by atoms with Crippen LogP contribution in [-0.2, 0) is 4.79 Å². The Morgan fingerprint density at radius 1 is 1.63 bits per heavy atom. The zero-order valence-corrected chi connectivity index (χ0v) is 12.0. The van der Waals surface area contributed by atoms with E-state index in [1.807, 2.05) is 13.0 Å². The van der Waals surface area contributed by atoms with Crippen molar-refractivity contribution in [2.75, 3.05) is 25.1 Å². The number of hydrogen-bond acceptors (Lipinski definition) is 4. The van der Waals surface area contributed by atoms with Gasteiger partial charge in [0.05, 0.1) is 25.0 Å². The van der Waals surface area contributed by atoms with Crippen LogP contribution in [0.1, 0.15) is 19.8 Å². The molecule has 0 spiro atoms. The van der Waals surface area contributed by atoms with Crippen molar-refractivity contribution < 1.29 is 14.7 Å². The number of carboxylic acids is 1. The largest absolute Gasteiger partial charge is 0.481 e. The van der Waals surface area contributed by atoms with Gasteiger partial charge in [-0.15, -0.1) is 0 Å². The Bertz CT molecular complexity index is 383. The van der Waals surface area contributed by atoms with Crippen LogP contribution in [0.3, 0.4) is 0 Å². The highest BCUT2D eigenvalue weighted by Gasteiger charge is 2.31. The summed E-state index contributed by atoms with van der Waals surface area (Å²) in [5.41, 5.74) is 0. The van der Waals surface area contributed by atoms with E-state index in [-0.39, 0.29) is 31.0 Å². The molecule has 0 radical (unpaired) electrons. The van der Waals surface area contributed by atoms with E-state index in [2.05, 4.69) is 0 Å². The topological polar surface area (TPSA) is 84.6 Å². The maximum Gasteiger partial charge on any atom is 0.320 e. The summed E-state index contributed by atoms with van der Waals surface area (Å²) in [6.07, 6.45) is 0.244. The third-order valence-corrected chi connectivity index (χ3v) is 4.32. The van der Waals surface area contributed by atoms with Gasteiger partial charge in [0.15, 0.2) is 0 Å². The normalized spacial score (nSPS) is 20.5. The molecule has 0 aromatic rings. The lowest BCUT2D eigenvalue weighted by molar-refractivity contribution is -0.138. The van der Waals surface area contributed by atoms with Gasteiger partial charge < -0.3 is 14.9 Å². The number of urea groups is 1. The van der Waals surface area contributed by atoms with Gasteiger partial charge in [0.2, 0.25) is 0 Å². The van der Waals surface area contributed by atoms with Gasteiger partial charge in [-0.3, -0.25) is 4.79 Å². The van der Waals surface area contributed by atoms with E-state index >= 15 is 0 Å². The molecule has 2 atom stereocenters. The predicted octanol–water partition coefficient (Wildman–Crippen LogP) is 1.23. The molecular formula is C12H19N3O3S. The van der Waals surface area contributed by atoms with Crippen molar-refractivity contribution in [1.29, 1.82) is 5.26 Å². The van der Waals surface area contributed by atoms with Gasteiger partial charge in [-0.1, -0.05) is 0 Å². The first kappa shape index (κ1) is 15.6. The van der Waals surface area contributed by atoms with E-state index in [9.17, 15) is 9.59 Å². The summed E-state index contributed by atoms with van der Waals surface area (Å²) in [5, 5.41) is 17.6. The molecule has 1 fully saturated rings. The zero-order chi connectivity index (χ0) is 14.4. The van der Waals surface area contributed by atoms with E-state index in [4.69, 9.17) is 10.4 Å². The van der Waals surface area contributed by atoms with Crippen LogP contribution in [0.2, 0.25) is 0 Å². The zero-order valence-electron chi connectivity index (χ0n) is 11.2. The van der Waals surface area contributed by atoms with E-state index < -0.39 is 5.97 Å². The van der Waals surface area contributed by atoms with Crippen molar-refractivity contribution in [1.82, 2.24) is 9.80 Å². The third kappa shape index (κ3) is 4.31. The number of nitrogens with zero attached hydrogens (tertiary/aromatic N) is 3. The standard InChI is InChI=1S/C12H19N3O3S/c1-9(3-4-13)14(2)12(18)15-5-6-19-8-10(15)7-11(16)17/h9-10H,3,5-8H2,1-2H3,(H,16,17). The van der Waals surface area contributed by atoms with Gasteiger partial charge in [0, 0.05) is 31.1 Å². The number of carbonyl (C=O) groups excluding carboxylic acids is 1. The molecule has 2 amide bonds. The fourth-order valence-corrected chi connectivity index (χ4v) is 3.00. The Balaban J connectivity index is 2.71. The molecule has 0 aromatic heterocycles.